The lowest BCUT2D eigenvalue weighted by Crippen LogP contribution is -2.28. The van der Waals surface area contributed by atoms with Crippen molar-refractivity contribution >= 4 is 17.4 Å². The van der Waals surface area contributed by atoms with Gasteiger partial charge in [0.15, 0.2) is 0 Å². The molecular weight excluding hydrogens is 250 g/mol. The lowest BCUT2D eigenvalue weighted by atomic mass is 10.1. The van der Waals surface area contributed by atoms with Crippen molar-refractivity contribution in [2.75, 3.05) is 0 Å². The number of benzene rings is 1. The van der Waals surface area contributed by atoms with Crippen molar-refractivity contribution in [2.45, 2.75) is 0 Å². The van der Waals surface area contributed by atoms with E-state index in [1.165, 1.54) is 4.57 Å². The van der Waals surface area contributed by atoms with Gasteiger partial charge < -0.3 is 10.3 Å². The fourth-order valence-corrected chi connectivity index (χ4v) is 1.88. The fraction of sp³-hybridized carbons (Fsp3) is 0.0769. The smallest absolute Gasteiger partial charge is 0.261 e. The van der Waals surface area contributed by atoms with Gasteiger partial charge in [-0.15, -0.1) is 0 Å². The third-order valence-corrected chi connectivity index (χ3v) is 2.99. The summed E-state index contributed by atoms with van der Waals surface area (Å²) in [5.74, 6) is -0.224. The van der Waals surface area contributed by atoms with Crippen LogP contribution in [-0.4, -0.2) is 10.4 Å². The largest absolute Gasteiger partial charge is 0.384 e. The van der Waals surface area contributed by atoms with Crippen molar-refractivity contribution in [1.82, 2.24) is 4.57 Å². The van der Waals surface area contributed by atoms with Gasteiger partial charge in [0.1, 0.15) is 5.84 Å². The first-order valence-electron chi connectivity index (χ1n) is 5.31. The summed E-state index contributed by atoms with van der Waals surface area (Å²) in [6.45, 7) is 0. The molecule has 0 aliphatic carbocycles. The maximum Gasteiger partial charge on any atom is 0.261 e. The van der Waals surface area contributed by atoms with Gasteiger partial charge in [-0.2, -0.15) is 0 Å². The van der Waals surface area contributed by atoms with Gasteiger partial charge in [0.2, 0.25) is 0 Å². The SMILES string of the molecule is Cn1c(-c2ccc(Cl)cc2)ccc(C(=N)N)c1=O. The number of nitrogen functional groups attached to an aromatic ring is 1. The summed E-state index contributed by atoms with van der Waals surface area (Å²) in [7, 11) is 1.65. The minimum absolute atomic E-state index is 0.204. The highest BCUT2D eigenvalue weighted by molar-refractivity contribution is 6.30. The number of hydrogen-bond donors (Lipinski definition) is 2. The van der Waals surface area contributed by atoms with Gasteiger partial charge in [-0.05, 0) is 29.8 Å². The van der Waals surface area contributed by atoms with Crippen LogP contribution in [0.5, 0.6) is 0 Å². The second kappa shape index (κ2) is 4.66. The van der Waals surface area contributed by atoms with Crippen LogP contribution in [0.15, 0.2) is 41.2 Å². The van der Waals surface area contributed by atoms with Gasteiger partial charge in [-0.25, -0.2) is 0 Å². The van der Waals surface area contributed by atoms with Crippen molar-refractivity contribution in [1.29, 1.82) is 5.41 Å². The maximum atomic E-state index is 12.0. The van der Waals surface area contributed by atoms with Crippen molar-refractivity contribution in [3.05, 3.63) is 57.3 Å². The van der Waals surface area contributed by atoms with Crippen molar-refractivity contribution in [3.63, 3.8) is 0 Å². The molecule has 0 saturated heterocycles. The summed E-state index contributed by atoms with van der Waals surface area (Å²) in [5, 5.41) is 7.97. The molecule has 0 radical (unpaired) electrons. The second-order valence-corrected chi connectivity index (χ2v) is 4.35. The summed E-state index contributed by atoms with van der Waals surface area (Å²) in [6, 6.07) is 10.5. The maximum absolute atomic E-state index is 12.0. The van der Waals surface area contributed by atoms with Crippen LogP contribution in [0.2, 0.25) is 5.02 Å². The van der Waals surface area contributed by atoms with Crippen LogP contribution in [0.3, 0.4) is 0 Å². The molecule has 0 atom stereocenters. The van der Waals surface area contributed by atoms with E-state index in [2.05, 4.69) is 0 Å². The average molecular weight is 262 g/mol. The van der Waals surface area contributed by atoms with Crippen LogP contribution >= 0.6 is 11.6 Å². The highest BCUT2D eigenvalue weighted by atomic mass is 35.5. The van der Waals surface area contributed by atoms with Crippen LogP contribution in [0.1, 0.15) is 5.56 Å². The van der Waals surface area contributed by atoms with Crippen LogP contribution in [-0.2, 0) is 7.05 Å². The molecule has 0 saturated carbocycles. The molecule has 0 spiro atoms. The Morgan fingerprint density at radius 3 is 2.39 bits per heavy atom. The van der Waals surface area contributed by atoms with Gasteiger partial charge in [0, 0.05) is 12.1 Å². The standard InChI is InChI=1S/C13H12ClN3O/c1-17-11(8-2-4-9(14)5-3-8)7-6-10(12(15)16)13(17)18/h2-7H,1H3,(H3,15,16). The fourth-order valence-electron chi connectivity index (χ4n) is 1.75. The third kappa shape index (κ3) is 2.15. The lowest BCUT2D eigenvalue weighted by Gasteiger charge is -2.10. The van der Waals surface area contributed by atoms with E-state index in [1.807, 2.05) is 12.1 Å². The zero-order valence-corrected chi connectivity index (χ0v) is 10.5. The zero-order chi connectivity index (χ0) is 13.3. The lowest BCUT2D eigenvalue weighted by molar-refractivity contribution is 0.866. The predicted molar refractivity (Wildman–Crippen MR) is 73.1 cm³/mol. The van der Waals surface area contributed by atoms with E-state index in [4.69, 9.17) is 22.7 Å². The Bertz CT molecular complexity index is 659. The number of halogens is 1. The van der Waals surface area contributed by atoms with Crippen LogP contribution in [0.25, 0.3) is 11.3 Å². The Balaban J connectivity index is 2.61. The first-order valence-corrected chi connectivity index (χ1v) is 5.69. The van der Waals surface area contributed by atoms with Crippen molar-refractivity contribution in [2.24, 2.45) is 12.8 Å². The average Bonchev–Trinajstić information content (AvgIpc) is 2.33. The van der Waals surface area contributed by atoms with Crippen molar-refractivity contribution < 1.29 is 0 Å². The molecule has 0 unspecified atom stereocenters. The van der Waals surface area contributed by atoms with Gasteiger partial charge in [-0.1, -0.05) is 23.7 Å². The number of nitrogens with one attached hydrogen (secondary N) is 1. The molecule has 0 bridgehead atoms. The highest BCUT2D eigenvalue weighted by Gasteiger charge is 2.09. The van der Waals surface area contributed by atoms with Gasteiger partial charge in [-0.3, -0.25) is 10.2 Å². The molecule has 3 N–H and O–H groups in total. The minimum atomic E-state index is -0.282. The number of pyridine rings is 1. The minimum Gasteiger partial charge on any atom is -0.384 e. The molecule has 1 aromatic heterocycles. The van der Waals surface area contributed by atoms with Gasteiger partial charge in [0.25, 0.3) is 5.56 Å². The first kappa shape index (κ1) is 12.4. The molecular formula is C13H12ClN3O. The molecule has 0 aliphatic heterocycles. The quantitative estimate of drug-likeness (QED) is 0.641. The topological polar surface area (TPSA) is 71.9 Å². The van der Waals surface area contributed by atoms with E-state index in [0.717, 1.165) is 11.3 Å². The molecule has 1 heterocycles. The summed E-state index contributed by atoms with van der Waals surface area (Å²) in [6.07, 6.45) is 0. The molecule has 5 heteroatoms. The summed E-state index contributed by atoms with van der Waals surface area (Å²) >= 11 is 5.82. The summed E-state index contributed by atoms with van der Waals surface area (Å²) in [4.78, 5) is 12.0. The number of nitrogens with zero attached hydrogens (tertiary/aromatic N) is 1. The number of nitrogens with two attached hydrogens (primary N) is 1. The number of hydrogen-bond acceptors (Lipinski definition) is 2. The molecule has 0 aliphatic rings. The van der Waals surface area contributed by atoms with Gasteiger partial charge >= 0.3 is 0 Å². The van der Waals surface area contributed by atoms with E-state index in [1.54, 1.807) is 31.3 Å². The predicted octanol–water partition coefficient (Wildman–Crippen LogP) is 1.99. The van der Waals surface area contributed by atoms with Crippen LogP contribution in [0.4, 0.5) is 0 Å². The Morgan fingerprint density at radius 2 is 1.83 bits per heavy atom. The van der Waals surface area contributed by atoms with E-state index in [9.17, 15) is 4.79 Å². The van der Waals surface area contributed by atoms with Gasteiger partial charge in [0.05, 0.1) is 11.3 Å². The second-order valence-electron chi connectivity index (χ2n) is 3.92. The molecule has 2 aromatic rings. The van der Waals surface area contributed by atoms with E-state index in [0.29, 0.717) is 5.02 Å². The molecule has 4 nitrogen and oxygen atoms in total. The Morgan fingerprint density at radius 1 is 1.22 bits per heavy atom. The molecule has 18 heavy (non-hydrogen) atoms. The summed E-state index contributed by atoms with van der Waals surface area (Å²) < 4.78 is 1.47. The normalized spacial score (nSPS) is 10.3. The number of aromatic nitrogens is 1. The molecule has 1 aromatic carbocycles. The Hall–Kier alpha value is -2.07. The van der Waals surface area contributed by atoms with Crippen LogP contribution in [0, 0.1) is 5.41 Å². The summed E-state index contributed by atoms with van der Waals surface area (Å²) in [5.41, 5.74) is 6.90. The van der Waals surface area contributed by atoms with Crippen molar-refractivity contribution in [3.8, 4) is 11.3 Å². The zero-order valence-electron chi connectivity index (χ0n) is 9.77. The highest BCUT2D eigenvalue weighted by Crippen LogP contribution is 2.20. The van der Waals surface area contributed by atoms with E-state index >= 15 is 0 Å². The molecule has 92 valence electrons. The number of rotatable bonds is 2. The monoisotopic (exact) mass is 261 g/mol. The third-order valence-electron chi connectivity index (χ3n) is 2.73. The Kier molecular flexibility index (Phi) is 3.21. The molecule has 0 fully saturated rings. The first-order chi connectivity index (χ1) is 8.50. The Labute approximate surface area is 109 Å². The molecule has 2 rings (SSSR count). The molecule has 0 amide bonds. The van der Waals surface area contributed by atoms with E-state index in [-0.39, 0.29) is 17.0 Å². The number of amidine groups is 1. The van der Waals surface area contributed by atoms with Crippen LogP contribution < -0.4 is 11.3 Å². The van der Waals surface area contributed by atoms with E-state index < -0.39 is 0 Å².